The van der Waals surface area contributed by atoms with Crippen LogP contribution in [-0.2, 0) is 5.41 Å². The lowest BCUT2D eigenvalue weighted by molar-refractivity contribution is 0.670. The third-order valence-corrected chi connectivity index (χ3v) is 10.9. The number of anilines is 2. The Morgan fingerprint density at radius 1 is 0.431 bits per heavy atom. The SMILES string of the molecule is CN1c2ccccc2C2(c3ccccc3C(c3ccccc3-c3nnc(-c4ccccc4)n3-c3ccccc3)c3ccccc32)c2ccccc21. The Morgan fingerprint density at radius 2 is 0.882 bits per heavy atom. The molecule has 1 aliphatic carbocycles. The molecule has 8 aromatic rings. The van der Waals surface area contributed by atoms with Crippen LogP contribution < -0.4 is 4.90 Å². The summed E-state index contributed by atoms with van der Waals surface area (Å²) < 4.78 is 2.21. The monoisotopic (exact) mass is 654 g/mol. The third kappa shape index (κ3) is 4.20. The Kier molecular flexibility index (Phi) is 6.65. The van der Waals surface area contributed by atoms with Gasteiger partial charge in [-0.05, 0) is 63.2 Å². The van der Waals surface area contributed by atoms with Gasteiger partial charge in [0, 0.05) is 41.2 Å². The largest absolute Gasteiger partial charge is 0.344 e. The van der Waals surface area contributed by atoms with Crippen LogP contribution in [0, 0.1) is 0 Å². The second-order valence-corrected chi connectivity index (χ2v) is 13.4. The average molecular weight is 655 g/mol. The lowest BCUT2D eigenvalue weighted by Crippen LogP contribution is -2.42. The summed E-state index contributed by atoms with van der Waals surface area (Å²) >= 11 is 0. The lowest BCUT2D eigenvalue weighted by Gasteiger charge is -2.50. The Hall–Kier alpha value is -6.52. The van der Waals surface area contributed by atoms with Crippen molar-refractivity contribution in [2.24, 2.45) is 0 Å². The smallest absolute Gasteiger partial charge is 0.169 e. The van der Waals surface area contributed by atoms with Gasteiger partial charge in [0.15, 0.2) is 11.6 Å². The Balaban J connectivity index is 1.27. The molecule has 0 N–H and O–H groups in total. The summed E-state index contributed by atoms with van der Waals surface area (Å²) in [4.78, 5) is 2.35. The van der Waals surface area contributed by atoms with Crippen LogP contribution in [-0.4, -0.2) is 21.8 Å². The van der Waals surface area contributed by atoms with E-state index in [0.717, 1.165) is 28.5 Å². The van der Waals surface area contributed by atoms with Crippen molar-refractivity contribution in [3.05, 3.63) is 221 Å². The van der Waals surface area contributed by atoms with E-state index in [4.69, 9.17) is 10.2 Å². The second-order valence-electron chi connectivity index (χ2n) is 13.4. The van der Waals surface area contributed by atoms with Crippen molar-refractivity contribution in [2.45, 2.75) is 11.3 Å². The van der Waals surface area contributed by atoms with Crippen molar-refractivity contribution in [3.8, 4) is 28.5 Å². The number of fused-ring (bicyclic) bond motifs is 8. The zero-order valence-electron chi connectivity index (χ0n) is 28.2. The van der Waals surface area contributed by atoms with Crippen LogP contribution in [0.5, 0.6) is 0 Å². The van der Waals surface area contributed by atoms with E-state index in [9.17, 15) is 0 Å². The highest BCUT2D eigenvalue weighted by molar-refractivity contribution is 5.86. The fraction of sp³-hybridized carbons (Fsp3) is 0.0638. The molecule has 51 heavy (non-hydrogen) atoms. The van der Waals surface area contributed by atoms with Crippen LogP contribution >= 0.6 is 0 Å². The first-order valence-corrected chi connectivity index (χ1v) is 17.5. The van der Waals surface area contributed by atoms with Gasteiger partial charge < -0.3 is 4.90 Å². The van der Waals surface area contributed by atoms with Crippen molar-refractivity contribution < 1.29 is 0 Å². The molecule has 0 saturated heterocycles. The molecule has 10 rings (SSSR count). The molecule has 0 unspecified atom stereocenters. The van der Waals surface area contributed by atoms with Crippen molar-refractivity contribution in [3.63, 3.8) is 0 Å². The van der Waals surface area contributed by atoms with Gasteiger partial charge in [0.1, 0.15) is 0 Å². The maximum atomic E-state index is 4.97. The summed E-state index contributed by atoms with van der Waals surface area (Å²) in [5.41, 5.74) is 14.1. The van der Waals surface area contributed by atoms with Gasteiger partial charge in [-0.3, -0.25) is 4.57 Å². The van der Waals surface area contributed by atoms with E-state index < -0.39 is 5.41 Å². The number of para-hydroxylation sites is 3. The van der Waals surface area contributed by atoms with Crippen molar-refractivity contribution in [1.29, 1.82) is 0 Å². The predicted octanol–water partition coefficient (Wildman–Crippen LogP) is 10.6. The van der Waals surface area contributed by atoms with Crippen LogP contribution in [0.25, 0.3) is 28.5 Å². The summed E-state index contributed by atoms with van der Waals surface area (Å²) in [7, 11) is 2.19. The first-order valence-electron chi connectivity index (χ1n) is 17.5. The molecule has 0 radical (unpaired) electrons. The molecule has 7 aromatic carbocycles. The fourth-order valence-electron chi connectivity index (χ4n) is 8.86. The highest BCUT2D eigenvalue weighted by Gasteiger charge is 2.51. The maximum absolute atomic E-state index is 4.97. The van der Waals surface area contributed by atoms with Crippen LogP contribution in [0.1, 0.15) is 44.9 Å². The number of hydrogen-bond acceptors (Lipinski definition) is 3. The van der Waals surface area contributed by atoms with E-state index in [0.29, 0.717) is 0 Å². The van der Waals surface area contributed by atoms with Crippen molar-refractivity contribution >= 4 is 11.4 Å². The Bertz CT molecular complexity index is 2470. The van der Waals surface area contributed by atoms with Gasteiger partial charge in [-0.25, -0.2) is 0 Å². The van der Waals surface area contributed by atoms with E-state index in [-0.39, 0.29) is 5.92 Å². The van der Waals surface area contributed by atoms with Gasteiger partial charge in [0.25, 0.3) is 0 Å². The fourth-order valence-corrected chi connectivity index (χ4v) is 8.86. The van der Waals surface area contributed by atoms with Gasteiger partial charge in [-0.15, -0.1) is 10.2 Å². The van der Waals surface area contributed by atoms with Crippen LogP contribution in [0.3, 0.4) is 0 Å². The molecule has 4 nitrogen and oxygen atoms in total. The minimum absolute atomic E-state index is 0.0423. The standard InChI is InChI=1S/C47H34N4/c1-50-42-30-16-14-28-40(42)47(41-29-15-17-31-43(41)50)38-26-12-10-24-36(38)44(37-25-11-13-27-39(37)47)34-22-8-9-23-35(34)46-49-48-45(32-18-4-2-5-19-32)51(46)33-20-6-3-7-21-33/h2-31,44H,1H3. The van der Waals surface area contributed by atoms with Crippen LogP contribution in [0.15, 0.2) is 182 Å². The summed E-state index contributed by atoms with van der Waals surface area (Å²) in [6.45, 7) is 0. The molecule has 0 atom stereocenters. The molecule has 0 amide bonds. The minimum atomic E-state index is -0.497. The number of benzene rings is 7. The molecule has 1 aromatic heterocycles. The molecule has 1 aliphatic heterocycles. The van der Waals surface area contributed by atoms with Gasteiger partial charge in [-0.2, -0.15) is 0 Å². The molecular formula is C47H34N4. The van der Waals surface area contributed by atoms with E-state index in [2.05, 4.69) is 192 Å². The lowest BCUT2D eigenvalue weighted by atomic mass is 9.55. The van der Waals surface area contributed by atoms with Crippen LogP contribution in [0.2, 0.25) is 0 Å². The zero-order chi connectivity index (χ0) is 33.9. The summed E-state index contributed by atoms with van der Waals surface area (Å²) in [6.07, 6.45) is 0. The number of nitrogens with zero attached hydrogens (tertiary/aromatic N) is 4. The summed E-state index contributed by atoms with van der Waals surface area (Å²) in [6, 6.07) is 65.7. The third-order valence-electron chi connectivity index (χ3n) is 10.9. The summed E-state index contributed by atoms with van der Waals surface area (Å²) in [5.74, 6) is 1.59. The predicted molar refractivity (Wildman–Crippen MR) is 206 cm³/mol. The number of rotatable bonds is 4. The van der Waals surface area contributed by atoms with E-state index >= 15 is 0 Å². The molecular weight excluding hydrogens is 621 g/mol. The molecule has 2 aliphatic rings. The molecule has 0 fully saturated rings. The van der Waals surface area contributed by atoms with E-state index in [1.807, 2.05) is 6.07 Å². The molecule has 4 heteroatoms. The van der Waals surface area contributed by atoms with Gasteiger partial charge in [0.05, 0.1) is 5.41 Å². The Labute approximate surface area is 298 Å². The molecule has 0 bridgehead atoms. The van der Waals surface area contributed by atoms with Crippen molar-refractivity contribution in [1.82, 2.24) is 14.8 Å². The van der Waals surface area contributed by atoms with E-state index in [1.54, 1.807) is 0 Å². The minimum Gasteiger partial charge on any atom is -0.344 e. The second kappa shape index (κ2) is 11.5. The highest BCUT2D eigenvalue weighted by atomic mass is 15.3. The van der Waals surface area contributed by atoms with Crippen LogP contribution in [0.4, 0.5) is 11.4 Å². The normalized spacial score (nSPS) is 14.0. The quantitative estimate of drug-likeness (QED) is 0.189. The molecule has 0 saturated carbocycles. The topological polar surface area (TPSA) is 34.0 Å². The highest BCUT2D eigenvalue weighted by Crippen LogP contribution is 2.61. The average Bonchev–Trinajstić information content (AvgIpc) is 3.66. The molecule has 2 heterocycles. The maximum Gasteiger partial charge on any atom is 0.169 e. The van der Waals surface area contributed by atoms with Gasteiger partial charge >= 0.3 is 0 Å². The Morgan fingerprint density at radius 3 is 1.49 bits per heavy atom. The number of hydrogen-bond donors (Lipinski definition) is 0. The van der Waals surface area contributed by atoms with E-state index in [1.165, 1.54) is 50.3 Å². The number of aromatic nitrogens is 3. The summed E-state index contributed by atoms with van der Waals surface area (Å²) in [5, 5.41) is 9.81. The van der Waals surface area contributed by atoms with Gasteiger partial charge in [-0.1, -0.05) is 158 Å². The first-order chi connectivity index (χ1) is 25.3. The van der Waals surface area contributed by atoms with Gasteiger partial charge in [0.2, 0.25) is 0 Å². The first kappa shape index (κ1) is 29.4. The molecule has 1 spiro atoms. The molecule has 242 valence electrons. The zero-order valence-corrected chi connectivity index (χ0v) is 28.2. The van der Waals surface area contributed by atoms with Crippen molar-refractivity contribution in [2.75, 3.05) is 11.9 Å².